The molecule has 1 heterocycles. The molecule has 0 radical (unpaired) electrons. The number of aromatic nitrogens is 1. The molecule has 0 saturated heterocycles. The van der Waals surface area contributed by atoms with E-state index in [1.54, 1.807) is 0 Å². The molecule has 1 fully saturated rings. The molecule has 1 aliphatic carbocycles. The fourth-order valence-corrected chi connectivity index (χ4v) is 2.85. The summed E-state index contributed by atoms with van der Waals surface area (Å²) in [5, 5.41) is 0. The summed E-state index contributed by atoms with van der Waals surface area (Å²) >= 11 is 0. The van der Waals surface area contributed by atoms with E-state index in [4.69, 9.17) is 5.73 Å². The van der Waals surface area contributed by atoms with E-state index < -0.39 is 11.7 Å². The molecular formula is C14H19F3N2. The number of nitrogens with zero attached hydrogens (tertiary/aromatic N) is 1. The molecule has 1 saturated carbocycles. The van der Waals surface area contributed by atoms with Crippen molar-refractivity contribution in [1.29, 1.82) is 0 Å². The molecular weight excluding hydrogens is 253 g/mol. The predicted octanol–water partition coefficient (Wildman–Crippen LogP) is 3.65. The zero-order valence-electron chi connectivity index (χ0n) is 10.8. The van der Waals surface area contributed by atoms with Crippen molar-refractivity contribution in [3.05, 3.63) is 29.6 Å². The summed E-state index contributed by atoms with van der Waals surface area (Å²) in [6.45, 7) is 0.450. The maximum absolute atomic E-state index is 12.5. The van der Waals surface area contributed by atoms with Gasteiger partial charge in [-0.3, -0.25) is 4.98 Å². The summed E-state index contributed by atoms with van der Waals surface area (Å²) in [7, 11) is 0. The monoisotopic (exact) mass is 272 g/mol. The molecule has 0 unspecified atom stereocenters. The van der Waals surface area contributed by atoms with Crippen LogP contribution in [0.1, 0.15) is 49.8 Å². The highest BCUT2D eigenvalue weighted by molar-refractivity contribution is 5.23. The first-order valence-electron chi connectivity index (χ1n) is 6.72. The molecule has 2 N–H and O–H groups in total. The lowest BCUT2D eigenvalue weighted by atomic mass is 9.77. The van der Waals surface area contributed by atoms with Gasteiger partial charge in [-0.05, 0) is 25.0 Å². The number of hydrogen-bond acceptors (Lipinski definition) is 2. The van der Waals surface area contributed by atoms with Crippen LogP contribution in [0.5, 0.6) is 0 Å². The van der Waals surface area contributed by atoms with Gasteiger partial charge in [0.1, 0.15) is 0 Å². The Morgan fingerprint density at radius 1 is 1.11 bits per heavy atom. The van der Waals surface area contributed by atoms with Crippen molar-refractivity contribution < 1.29 is 13.2 Å². The summed E-state index contributed by atoms with van der Waals surface area (Å²) in [4.78, 5) is 4.05. The average Bonchev–Trinajstić information content (AvgIpc) is 2.64. The van der Waals surface area contributed by atoms with Gasteiger partial charge in [0.25, 0.3) is 0 Å². The lowest BCUT2D eigenvalue weighted by Gasteiger charge is -2.31. The minimum absolute atomic E-state index is 0.235. The predicted molar refractivity (Wildman–Crippen MR) is 67.7 cm³/mol. The highest BCUT2D eigenvalue weighted by Crippen LogP contribution is 2.37. The van der Waals surface area contributed by atoms with Gasteiger partial charge in [0.15, 0.2) is 0 Å². The summed E-state index contributed by atoms with van der Waals surface area (Å²) in [5.41, 5.74) is 5.68. The zero-order valence-corrected chi connectivity index (χ0v) is 10.8. The molecule has 1 aliphatic rings. The van der Waals surface area contributed by atoms with Gasteiger partial charge in [0.2, 0.25) is 0 Å². The van der Waals surface area contributed by atoms with E-state index in [2.05, 4.69) is 4.98 Å². The third-order valence-electron chi connectivity index (χ3n) is 4.09. The minimum atomic E-state index is -4.33. The van der Waals surface area contributed by atoms with E-state index in [1.165, 1.54) is 18.9 Å². The topological polar surface area (TPSA) is 38.9 Å². The van der Waals surface area contributed by atoms with Crippen LogP contribution in [-0.2, 0) is 11.6 Å². The van der Waals surface area contributed by atoms with Crippen LogP contribution in [0.4, 0.5) is 13.2 Å². The van der Waals surface area contributed by atoms with Crippen molar-refractivity contribution in [1.82, 2.24) is 4.98 Å². The SMILES string of the molecule is NCC1(c2ccc(C(F)(F)F)cn2)CCCCCC1. The molecule has 19 heavy (non-hydrogen) atoms. The van der Waals surface area contributed by atoms with Gasteiger partial charge in [-0.25, -0.2) is 0 Å². The third-order valence-corrected chi connectivity index (χ3v) is 4.09. The number of hydrogen-bond donors (Lipinski definition) is 1. The largest absolute Gasteiger partial charge is 0.417 e. The molecule has 0 aromatic carbocycles. The first kappa shape index (κ1) is 14.3. The second kappa shape index (κ2) is 5.49. The summed E-state index contributed by atoms with van der Waals surface area (Å²) in [6, 6.07) is 2.62. The Bertz CT molecular complexity index is 404. The van der Waals surface area contributed by atoms with E-state index in [0.717, 1.165) is 37.9 Å². The van der Waals surface area contributed by atoms with Crippen LogP contribution in [0.2, 0.25) is 0 Å². The molecule has 1 aromatic rings. The molecule has 0 atom stereocenters. The molecule has 2 rings (SSSR count). The summed E-state index contributed by atoms with van der Waals surface area (Å²) < 4.78 is 37.6. The Labute approximate surface area is 111 Å². The molecule has 0 amide bonds. The first-order valence-corrected chi connectivity index (χ1v) is 6.72. The Kier molecular flexibility index (Phi) is 4.13. The smallest absolute Gasteiger partial charge is 0.330 e. The van der Waals surface area contributed by atoms with Crippen molar-refractivity contribution in [2.45, 2.75) is 50.1 Å². The standard InChI is InChI=1S/C14H19F3N2/c15-14(16,17)11-5-6-12(19-9-11)13(10-18)7-3-1-2-4-8-13/h5-6,9H,1-4,7-8,10,18H2. The third kappa shape index (κ3) is 3.08. The van der Waals surface area contributed by atoms with Crippen LogP contribution in [-0.4, -0.2) is 11.5 Å². The van der Waals surface area contributed by atoms with Crippen LogP contribution in [0.25, 0.3) is 0 Å². The van der Waals surface area contributed by atoms with Crippen molar-refractivity contribution in [2.24, 2.45) is 5.73 Å². The minimum Gasteiger partial charge on any atom is -0.330 e. The van der Waals surface area contributed by atoms with E-state index in [9.17, 15) is 13.2 Å². The normalized spacial score (nSPS) is 20.0. The molecule has 0 spiro atoms. The lowest BCUT2D eigenvalue weighted by molar-refractivity contribution is -0.137. The van der Waals surface area contributed by atoms with Crippen molar-refractivity contribution >= 4 is 0 Å². The number of nitrogens with two attached hydrogens (primary N) is 1. The van der Waals surface area contributed by atoms with Crippen molar-refractivity contribution in [3.63, 3.8) is 0 Å². The van der Waals surface area contributed by atoms with Crippen molar-refractivity contribution in [3.8, 4) is 0 Å². The first-order chi connectivity index (χ1) is 8.98. The number of halogens is 3. The number of rotatable bonds is 2. The van der Waals surface area contributed by atoms with E-state index >= 15 is 0 Å². The Hall–Kier alpha value is -1.10. The molecule has 1 aromatic heterocycles. The van der Waals surface area contributed by atoms with Crippen LogP contribution >= 0.6 is 0 Å². The molecule has 0 bridgehead atoms. The van der Waals surface area contributed by atoms with Crippen molar-refractivity contribution in [2.75, 3.05) is 6.54 Å². The number of pyridine rings is 1. The Morgan fingerprint density at radius 3 is 2.16 bits per heavy atom. The zero-order chi connectivity index (χ0) is 13.9. The molecule has 106 valence electrons. The Morgan fingerprint density at radius 2 is 1.74 bits per heavy atom. The maximum atomic E-state index is 12.5. The van der Waals surface area contributed by atoms with Gasteiger partial charge in [-0.1, -0.05) is 25.7 Å². The van der Waals surface area contributed by atoms with Crippen LogP contribution in [0, 0.1) is 0 Å². The highest BCUT2D eigenvalue weighted by Gasteiger charge is 2.35. The average molecular weight is 272 g/mol. The van der Waals surface area contributed by atoms with E-state index in [-0.39, 0.29) is 5.41 Å². The quantitative estimate of drug-likeness (QED) is 0.835. The molecule has 5 heteroatoms. The van der Waals surface area contributed by atoms with Gasteiger partial charge in [-0.2, -0.15) is 13.2 Å². The maximum Gasteiger partial charge on any atom is 0.417 e. The summed E-state index contributed by atoms with van der Waals surface area (Å²) in [6.07, 6.45) is 2.91. The van der Waals surface area contributed by atoms with Gasteiger partial charge >= 0.3 is 6.18 Å². The molecule has 0 aliphatic heterocycles. The van der Waals surface area contributed by atoms with Gasteiger partial charge in [-0.15, -0.1) is 0 Å². The summed E-state index contributed by atoms with van der Waals surface area (Å²) in [5.74, 6) is 0. The Balaban J connectivity index is 2.28. The second-order valence-corrected chi connectivity index (χ2v) is 5.33. The van der Waals surface area contributed by atoms with Crippen LogP contribution in [0.3, 0.4) is 0 Å². The van der Waals surface area contributed by atoms with Gasteiger partial charge < -0.3 is 5.73 Å². The van der Waals surface area contributed by atoms with Crippen LogP contribution in [0.15, 0.2) is 18.3 Å². The van der Waals surface area contributed by atoms with Gasteiger partial charge in [0.05, 0.1) is 5.56 Å². The fourth-order valence-electron chi connectivity index (χ4n) is 2.85. The van der Waals surface area contributed by atoms with Crippen LogP contribution < -0.4 is 5.73 Å². The second-order valence-electron chi connectivity index (χ2n) is 5.33. The van der Waals surface area contributed by atoms with E-state index in [0.29, 0.717) is 12.2 Å². The fraction of sp³-hybridized carbons (Fsp3) is 0.643. The number of alkyl halides is 3. The molecule has 2 nitrogen and oxygen atoms in total. The van der Waals surface area contributed by atoms with Gasteiger partial charge in [0, 0.05) is 23.9 Å². The van der Waals surface area contributed by atoms with E-state index in [1.807, 2.05) is 0 Å². The highest BCUT2D eigenvalue weighted by atomic mass is 19.4. The lowest BCUT2D eigenvalue weighted by Crippen LogP contribution is -2.35.